The third kappa shape index (κ3) is 1.23. The van der Waals surface area contributed by atoms with E-state index in [0.29, 0.717) is 6.42 Å². The molecule has 0 amide bonds. The van der Waals surface area contributed by atoms with Gasteiger partial charge in [0.05, 0.1) is 0 Å². The van der Waals surface area contributed by atoms with E-state index in [1.807, 2.05) is 0 Å². The molecule has 4 nitrogen and oxygen atoms in total. The van der Waals surface area contributed by atoms with Gasteiger partial charge in [-0.25, -0.2) is 0 Å². The predicted octanol–water partition coefficient (Wildman–Crippen LogP) is 2.75. The highest BCUT2D eigenvalue weighted by Crippen LogP contribution is 2.49. The number of azide groups is 1. The number of carbonyl (C=O) groups excluding carboxylic acids is 1. The van der Waals surface area contributed by atoms with Crippen molar-refractivity contribution in [1.82, 2.24) is 0 Å². The molecule has 4 heteroatoms. The highest BCUT2D eigenvalue weighted by atomic mass is 16.1. The molecule has 0 saturated heterocycles. The van der Waals surface area contributed by atoms with Gasteiger partial charge in [0.1, 0.15) is 0 Å². The maximum absolute atomic E-state index is 11.2. The number of rotatable bonds is 1. The minimum Gasteiger partial charge on any atom is -0.295 e. The molecule has 2 aliphatic carbocycles. The summed E-state index contributed by atoms with van der Waals surface area (Å²) in [6.45, 7) is 2.11. The molecule has 0 unspecified atom stereocenters. The number of nitrogens with zero attached hydrogens (tertiary/aromatic N) is 3. The minimum absolute atomic E-state index is 0.0415. The highest BCUT2D eigenvalue weighted by molar-refractivity contribution is 5.91. The largest absolute Gasteiger partial charge is 0.295 e. The maximum atomic E-state index is 11.2. The Hall–Kier alpha value is -1.28. The summed E-state index contributed by atoms with van der Waals surface area (Å²) in [6.07, 6.45) is 4.99. The number of carbonyl (C=O) groups is 1. The van der Waals surface area contributed by atoms with Crippen LogP contribution in [0, 0.1) is 5.41 Å². The summed E-state index contributed by atoms with van der Waals surface area (Å²) >= 11 is 0. The molecule has 0 aromatic rings. The average Bonchev–Trinajstić information content (AvgIpc) is 2.46. The molecule has 0 heterocycles. The van der Waals surface area contributed by atoms with Crippen LogP contribution in [0.5, 0.6) is 0 Å². The molecule has 1 saturated carbocycles. The Balaban J connectivity index is 2.36. The number of hydrogen-bond donors (Lipinski definition) is 0. The molecule has 74 valence electrons. The third-order valence-corrected chi connectivity index (χ3v) is 3.57. The van der Waals surface area contributed by atoms with Crippen molar-refractivity contribution in [3.8, 4) is 0 Å². The lowest BCUT2D eigenvalue weighted by Gasteiger charge is -2.32. The summed E-state index contributed by atoms with van der Waals surface area (Å²) in [4.78, 5) is 14.1. The second-order valence-corrected chi connectivity index (χ2v) is 4.31. The minimum atomic E-state index is -0.0415. The van der Waals surface area contributed by atoms with Gasteiger partial charge in [0, 0.05) is 17.4 Å². The van der Waals surface area contributed by atoms with E-state index in [9.17, 15) is 4.79 Å². The summed E-state index contributed by atoms with van der Waals surface area (Å²) < 4.78 is 0. The van der Waals surface area contributed by atoms with Gasteiger partial charge in [0.15, 0.2) is 5.78 Å². The van der Waals surface area contributed by atoms with E-state index in [-0.39, 0.29) is 17.2 Å². The van der Waals surface area contributed by atoms with Crippen molar-refractivity contribution in [1.29, 1.82) is 0 Å². The molecule has 2 rings (SSSR count). The van der Waals surface area contributed by atoms with Gasteiger partial charge in [-0.15, -0.1) is 0 Å². The molecular formula is C10H13N3O. The lowest BCUT2D eigenvalue weighted by atomic mass is 9.73. The first kappa shape index (κ1) is 9.28. The monoisotopic (exact) mass is 191 g/mol. The van der Waals surface area contributed by atoms with Crippen molar-refractivity contribution < 1.29 is 4.79 Å². The fourth-order valence-corrected chi connectivity index (χ4v) is 2.57. The van der Waals surface area contributed by atoms with Gasteiger partial charge in [-0.1, -0.05) is 17.6 Å². The van der Waals surface area contributed by atoms with Gasteiger partial charge >= 0.3 is 0 Å². The van der Waals surface area contributed by atoms with Crippen LogP contribution < -0.4 is 0 Å². The molecule has 0 bridgehead atoms. The molecule has 0 N–H and O–H groups in total. The van der Waals surface area contributed by atoms with Crippen LogP contribution in [0.4, 0.5) is 0 Å². The van der Waals surface area contributed by atoms with Crippen LogP contribution >= 0.6 is 0 Å². The molecule has 2 atom stereocenters. The summed E-state index contributed by atoms with van der Waals surface area (Å²) in [6, 6.07) is 0.0480. The van der Waals surface area contributed by atoms with Crippen molar-refractivity contribution in [3.05, 3.63) is 22.1 Å². The molecule has 2 aliphatic rings. The van der Waals surface area contributed by atoms with E-state index in [2.05, 4.69) is 16.9 Å². The van der Waals surface area contributed by atoms with Gasteiger partial charge in [0.25, 0.3) is 0 Å². The van der Waals surface area contributed by atoms with E-state index < -0.39 is 0 Å². The first-order valence-electron chi connectivity index (χ1n) is 4.95. The van der Waals surface area contributed by atoms with Gasteiger partial charge in [-0.2, -0.15) is 0 Å². The number of allylic oxidation sites excluding steroid dienone is 1. The second kappa shape index (κ2) is 3.14. The van der Waals surface area contributed by atoms with E-state index in [4.69, 9.17) is 5.53 Å². The van der Waals surface area contributed by atoms with Crippen molar-refractivity contribution in [2.45, 2.75) is 38.6 Å². The smallest absolute Gasteiger partial charge is 0.155 e. The fourth-order valence-electron chi connectivity index (χ4n) is 2.57. The molecule has 14 heavy (non-hydrogen) atoms. The molecule has 0 aromatic heterocycles. The molecule has 0 spiro atoms. The van der Waals surface area contributed by atoms with Crippen LogP contribution in [0.25, 0.3) is 10.4 Å². The van der Waals surface area contributed by atoms with Crippen LogP contribution in [0.3, 0.4) is 0 Å². The second-order valence-electron chi connectivity index (χ2n) is 4.31. The normalized spacial score (nSPS) is 35.9. The zero-order chi connectivity index (χ0) is 10.2. The Labute approximate surface area is 82.6 Å². The van der Waals surface area contributed by atoms with Crippen LogP contribution in [-0.2, 0) is 4.79 Å². The molecule has 0 aliphatic heterocycles. The lowest BCUT2D eigenvalue weighted by Crippen LogP contribution is -2.30. The Morgan fingerprint density at radius 1 is 1.64 bits per heavy atom. The van der Waals surface area contributed by atoms with Gasteiger partial charge in [-0.05, 0) is 36.3 Å². The van der Waals surface area contributed by atoms with Gasteiger partial charge < -0.3 is 0 Å². The van der Waals surface area contributed by atoms with Crippen molar-refractivity contribution in [2.75, 3.05) is 0 Å². The van der Waals surface area contributed by atoms with E-state index in [0.717, 1.165) is 19.3 Å². The number of hydrogen-bond acceptors (Lipinski definition) is 2. The molecule has 1 fully saturated rings. The van der Waals surface area contributed by atoms with Gasteiger partial charge in [-0.3, -0.25) is 4.79 Å². The van der Waals surface area contributed by atoms with Crippen LogP contribution in [0.1, 0.15) is 32.6 Å². The summed E-state index contributed by atoms with van der Waals surface area (Å²) in [5.41, 5.74) is 9.60. The standard InChI is InChI=1S/C10H13N3O/c1-10-5-4-8(14)6-7(10)2-3-9(10)12-13-11/h6,9H,2-5H2,1H3/t9-,10+/m1/s1. The summed E-state index contributed by atoms with van der Waals surface area (Å²) in [5, 5.41) is 3.83. The Morgan fingerprint density at radius 3 is 3.14 bits per heavy atom. The topological polar surface area (TPSA) is 65.8 Å². The first-order chi connectivity index (χ1) is 6.66. The third-order valence-electron chi connectivity index (χ3n) is 3.57. The fraction of sp³-hybridized carbons (Fsp3) is 0.700. The van der Waals surface area contributed by atoms with Crippen LogP contribution in [0.15, 0.2) is 16.8 Å². The Bertz CT molecular complexity index is 354. The number of fused-ring (bicyclic) bond motifs is 1. The molecule has 0 aromatic carbocycles. The zero-order valence-corrected chi connectivity index (χ0v) is 8.23. The quantitative estimate of drug-likeness (QED) is 0.357. The Kier molecular flexibility index (Phi) is 2.08. The maximum Gasteiger partial charge on any atom is 0.155 e. The van der Waals surface area contributed by atoms with Crippen LogP contribution in [-0.4, -0.2) is 11.8 Å². The van der Waals surface area contributed by atoms with Gasteiger partial charge in [0.2, 0.25) is 0 Å². The molecular weight excluding hydrogens is 178 g/mol. The average molecular weight is 191 g/mol. The summed E-state index contributed by atoms with van der Waals surface area (Å²) in [7, 11) is 0. The SMILES string of the molecule is C[C@]12CCC(=O)C=C1CC[C@H]2N=[N+]=[N-]. The van der Waals surface area contributed by atoms with Crippen LogP contribution in [0.2, 0.25) is 0 Å². The van der Waals surface area contributed by atoms with E-state index in [1.54, 1.807) is 6.08 Å². The highest BCUT2D eigenvalue weighted by Gasteiger charge is 2.44. The Morgan fingerprint density at radius 2 is 2.43 bits per heavy atom. The van der Waals surface area contributed by atoms with Crippen molar-refractivity contribution >= 4 is 5.78 Å². The van der Waals surface area contributed by atoms with Crippen molar-refractivity contribution in [3.63, 3.8) is 0 Å². The zero-order valence-electron chi connectivity index (χ0n) is 8.23. The van der Waals surface area contributed by atoms with E-state index in [1.165, 1.54) is 5.57 Å². The summed E-state index contributed by atoms with van der Waals surface area (Å²) in [5.74, 6) is 0.221. The first-order valence-corrected chi connectivity index (χ1v) is 4.95. The lowest BCUT2D eigenvalue weighted by molar-refractivity contribution is -0.115. The number of ketones is 1. The van der Waals surface area contributed by atoms with E-state index >= 15 is 0 Å². The molecule has 0 radical (unpaired) electrons. The van der Waals surface area contributed by atoms with Crippen molar-refractivity contribution in [2.24, 2.45) is 10.5 Å². The predicted molar refractivity (Wildman–Crippen MR) is 52.6 cm³/mol.